The van der Waals surface area contributed by atoms with Gasteiger partial charge in [0.25, 0.3) is 5.91 Å². The molecule has 9 heteroatoms. The normalized spacial score (nSPS) is 18.1. The molecule has 2 N–H and O–H groups in total. The Morgan fingerprint density at radius 3 is 2.63 bits per heavy atom. The summed E-state index contributed by atoms with van der Waals surface area (Å²) in [5.74, 6) is -0.685. The number of nitriles is 2. The van der Waals surface area contributed by atoms with Gasteiger partial charge in [-0.1, -0.05) is 0 Å². The molecular formula is C26H26FN7O. The van der Waals surface area contributed by atoms with Crippen molar-refractivity contribution in [3.05, 3.63) is 77.0 Å². The summed E-state index contributed by atoms with van der Waals surface area (Å²) in [5, 5.41) is 29.2. The first kappa shape index (κ1) is 23.9. The third-order valence-corrected chi connectivity index (χ3v) is 6.50. The third kappa shape index (κ3) is 5.16. The molecule has 2 aliphatic rings. The molecule has 1 amide bonds. The molecule has 0 spiro atoms. The molecule has 1 fully saturated rings. The van der Waals surface area contributed by atoms with Gasteiger partial charge in [-0.15, -0.1) is 0 Å². The molecule has 0 bridgehead atoms. The highest BCUT2D eigenvalue weighted by Gasteiger charge is 2.26. The second-order valence-electron chi connectivity index (χ2n) is 8.65. The number of benzene rings is 1. The molecule has 0 radical (unpaired) electrons. The molecule has 3 heterocycles. The number of carbonyl (C=O) groups excluding carboxylic acids is 1. The van der Waals surface area contributed by atoms with Crippen molar-refractivity contribution in [1.29, 1.82) is 15.9 Å². The zero-order valence-electron chi connectivity index (χ0n) is 19.5. The van der Waals surface area contributed by atoms with Gasteiger partial charge in [0.15, 0.2) is 0 Å². The van der Waals surface area contributed by atoms with Gasteiger partial charge in [0.2, 0.25) is 0 Å². The number of halogens is 1. The lowest BCUT2D eigenvalue weighted by Gasteiger charge is -2.36. The summed E-state index contributed by atoms with van der Waals surface area (Å²) in [4.78, 5) is 16.6. The minimum absolute atomic E-state index is 0.0236. The highest BCUT2D eigenvalue weighted by Crippen LogP contribution is 2.25. The summed E-state index contributed by atoms with van der Waals surface area (Å²) < 4.78 is 16.3. The van der Waals surface area contributed by atoms with E-state index in [-0.39, 0.29) is 23.1 Å². The average molecular weight is 472 g/mol. The van der Waals surface area contributed by atoms with Gasteiger partial charge >= 0.3 is 0 Å². The quantitative estimate of drug-likeness (QED) is 0.672. The number of piperazine rings is 1. The fourth-order valence-corrected chi connectivity index (χ4v) is 4.43. The number of nitrogens with one attached hydrogen (secondary N) is 2. The summed E-state index contributed by atoms with van der Waals surface area (Å²) in [6.45, 7) is 4.80. The number of nitrogens with zero attached hydrogens (tertiary/aromatic N) is 5. The van der Waals surface area contributed by atoms with Gasteiger partial charge < -0.3 is 14.8 Å². The van der Waals surface area contributed by atoms with Crippen LogP contribution in [0, 0.1) is 33.9 Å². The van der Waals surface area contributed by atoms with Crippen molar-refractivity contribution >= 4 is 17.3 Å². The Balaban J connectivity index is 1.39. The van der Waals surface area contributed by atoms with Gasteiger partial charge in [-0.05, 0) is 48.4 Å². The lowest BCUT2D eigenvalue weighted by Crippen LogP contribution is -2.50. The van der Waals surface area contributed by atoms with E-state index in [0.29, 0.717) is 45.0 Å². The molecule has 1 aromatic heterocycles. The first-order valence-corrected chi connectivity index (χ1v) is 11.4. The number of amides is 1. The van der Waals surface area contributed by atoms with Crippen LogP contribution in [0.25, 0.3) is 5.57 Å². The topological polar surface area (TPSA) is 112 Å². The third-order valence-electron chi connectivity index (χ3n) is 6.50. The Hall–Kier alpha value is -4.21. The monoisotopic (exact) mass is 471 g/mol. The number of hydrogen-bond acceptors (Lipinski definition) is 5. The SMILES string of the molecule is C/C(=C1/C=CNC1=N)c1ccn(C(CC#N)CN2CCN(C(=O)c3ccc(C#N)cc3F)CC2)c1. The molecule has 0 saturated carbocycles. The summed E-state index contributed by atoms with van der Waals surface area (Å²) >= 11 is 0. The predicted molar refractivity (Wildman–Crippen MR) is 130 cm³/mol. The molecular weight excluding hydrogens is 445 g/mol. The molecule has 1 saturated heterocycles. The first-order chi connectivity index (χ1) is 16.9. The fourth-order valence-electron chi connectivity index (χ4n) is 4.43. The van der Waals surface area contributed by atoms with Crippen LogP contribution in [-0.4, -0.2) is 58.8 Å². The predicted octanol–water partition coefficient (Wildman–Crippen LogP) is 3.28. The van der Waals surface area contributed by atoms with Crippen LogP contribution in [0.3, 0.4) is 0 Å². The molecule has 2 aromatic rings. The molecule has 1 unspecified atom stereocenters. The maximum absolute atomic E-state index is 14.3. The van der Waals surface area contributed by atoms with Crippen LogP contribution in [0.1, 0.15) is 40.9 Å². The lowest BCUT2D eigenvalue weighted by molar-refractivity contribution is 0.0615. The van der Waals surface area contributed by atoms with E-state index >= 15 is 0 Å². The molecule has 0 aliphatic carbocycles. The minimum atomic E-state index is -0.682. The van der Waals surface area contributed by atoms with Crippen molar-refractivity contribution in [3.8, 4) is 12.1 Å². The van der Waals surface area contributed by atoms with Crippen molar-refractivity contribution in [3.63, 3.8) is 0 Å². The van der Waals surface area contributed by atoms with E-state index < -0.39 is 5.82 Å². The smallest absolute Gasteiger partial charge is 0.256 e. The summed E-state index contributed by atoms with van der Waals surface area (Å²) in [7, 11) is 0. The van der Waals surface area contributed by atoms with Gasteiger partial charge in [0, 0.05) is 56.9 Å². The number of carbonyl (C=O) groups is 1. The van der Waals surface area contributed by atoms with E-state index in [9.17, 15) is 14.4 Å². The van der Waals surface area contributed by atoms with E-state index in [2.05, 4.69) is 16.3 Å². The van der Waals surface area contributed by atoms with E-state index in [4.69, 9.17) is 10.7 Å². The number of amidine groups is 1. The largest absolute Gasteiger partial charge is 0.348 e. The molecule has 35 heavy (non-hydrogen) atoms. The van der Waals surface area contributed by atoms with Gasteiger partial charge in [0.05, 0.1) is 35.7 Å². The van der Waals surface area contributed by atoms with Crippen molar-refractivity contribution in [1.82, 2.24) is 19.7 Å². The molecule has 1 aromatic carbocycles. The maximum Gasteiger partial charge on any atom is 0.256 e. The number of rotatable bonds is 6. The first-order valence-electron chi connectivity index (χ1n) is 11.4. The Morgan fingerprint density at radius 2 is 2.00 bits per heavy atom. The molecule has 178 valence electrons. The van der Waals surface area contributed by atoms with E-state index in [1.54, 1.807) is 11.1 Å². The standard InChI is InChI=1S/C26H26FN7O/c1-18(22-5-8-31-25(22)30)20-6-9-34(16-20)21(4-7-28)17-32-10-12-33(13-11-32)26(35)23-3-2-19(15-29)14-24(23)27/h2-3,5-6,8-9,14,16,21H,4,10-13,17H2,1H3,(H2,30,31)/b22-18+. The Morgan fingerprint density at radius 1 is 1.23 bits per heavy atom. The van der Waals surface area contributed by atoms with Gasteiger partial charge in [-0.25, -0.2) is 4.39 Å². The average Bonchev–Trinajstić information content (AvgIpc) is 3.53. The highest BCUT2D eigenvalue weighted by atomic mass is 19.1. The van der Waals surface area contributed by atoms with Gasteiger partial charge in [0.1, 0.15) is 11.7 Å². The van der Waals surface area contributed by atoms with Crippen LogP contribution in [0.15, 0.2) is 54.5 Å². The molecule has 8 nitrogen and oxygen atoms in total. The zero-order chi connectivity index (χ0) is 24.9. The van der Waals surface area contributed by atoms with Gasteiger partial charge in [-0.2, -0.15) is 10.5 Å². The van der Waals surface area contributed by atoms with Crippen LogP contribution in [-0.2, 0) is 0 Å². The second kappa shape index (κ2) is 10.4. The zero-order valence-corrected chi connectivity index (χ0v) is 19.5. The number of aromatic nitrogens is 1. The number of hydrogen-bond donors (Lipinski definition) is 2. The van der Waals surface area contributed by atoms with E-state index in [0.717, 1.165) is 22.8 Å². The van der Waals surface area contributed by atoms with E-state index in [1.807, 2.05) is 42.1 Å². The Bertz CT molecular complexity index is 1290. The van der Waals surface area contributed by atoms with Crippen LogP contribution in [0.5, 0.6) is 0 Å². The van der Waals surface area contributed by atoms with Crippen molar-refractivity contribution in [2.24, 2.45) is 0 Å². The fraction of sp³-hybridized carbons (Fsp3) is 0.308. The van der Waals surface area contributed by atoms with Crippen molar-refractivity contribution in [2.45, 2.75) is 19.4 Å². The van der Waals surface area contributed by atoms with Crippen LogP contribution >= 0.6 is 0 Å². The van der Waals surface area contributed by atoms with Crippen molar-refractivity contribution in [2.75, 3.05) is 32.7 Å². The van der Waals surface area contributed by atoms with Crippen LogP contribution < -0.4 is 5.32 Å². The molecule has 2 aliphatic heterocycles. The maximum atomic E-state index is 14.3. The Kier molecular flexibility index (Phi) is 7.09. The Labute approximate surface area is 203 Å². The summed E-state index contributed by atoms with van der Waals surface area (Å²) in [6, 6.07) is 9.99. The minimum Gasteiger partial charge on any atom is -0.348 e. The lowest BCUT2D eigenvalue weighted by atomic mass is 10.0. The highest BCUT2D eigenvalue weighted by molar-refractivity contribution is 6.07. The van der Waals surface area contributed by atoms with Crippen LogP contribution in [0.4, 0.5) is 4.39 Å². The second-order valence-corrected chi connectivity index (χ2v) is 8.65. The molecule has 4 rings (SSSR count). The molecule has 1 atom stereocenters. The number of allylic oxidation sites excluding steroid dienone is 1. The summed E-state index contributed by atoms with van der Waals surface area (Å²) in [6.07, 6.45) is 7.95. The summed E-state index contributed by atoms with van der Waals surface area (Å²) in [5.41, 5.74) is 3.00. The van der Waals surface area contributed by atoms with E-state index in [1.165, 1.54) is 12.1 Å². The van der Waals surface area contributed by atoms with Crippen molar-refractivity contribution < 1.29 is 9.18 Å². The van der Waals surface area contributed by atoms with Crippen LogP contribution in [0.2, 0.25) is 0 Å². The van der Waals surface area contributed by atoms with Gasteiger partial charge in [-0.3, -0.25) is 15.1 Å².